The Labute approximate surface area is 107 Å². The second-order valence-corrected chi connectivity index (χ2v) is 4.32. The van der Waals surface area contributed by atoms with Gasteiger partial charge in [0.05, 0.1) is 29.2 Å². The van der Waals surface area contributed by atoms with Crippen molar-refractivity contribution in [2.75, 3.05) is 5.32 Å². The smallest absolute Gasteiger partial charge is 0.258 e. The summed E-state index contributed by atoms with van der Waals surface area (Å²) in [6, 6.07) is 5.50. The van der Waals surface area contributed by atoms with Gasteiger partial charge in [0.15, 0.2) is 0 Å². The van der Waals surface area contributed by atoms with Gasteiger partial charge in [0.25, 0.3) is 5.91 Å². The number of hydrogen-bond donors (Lipinski definition) is 1. The minimum atomic E-state index is -0.205. The number of nitrogens with zero attached hydrogens (tertiary/aromatic N) is 4. The summed E-state index contributed by atoms with van der Waals surface area (Å²) in [5.41, 5.74) is 2.66. The molecule has 0 atom stereocenters. The number of anilines is 1. The average molecular weight is 259 g/mol. The molecule has 2 heterocycles. The van der Waals surface area contributed by atoms with Gasteiger partial charge in [0, 0.05) is 13.2 Å². The van der Waals surface area contributed by atoms with Gasteiger partial charge in [-0.15, -0.1) is 0 Å². The molecule has 90 valence electrons. The summed E-state index contributed by atoms with van der Waals surface area (Å²) in [6.45, 7) is 0. The highest BCUT2D eigenvalue weighted by Gasteiger charge is 2.11. The van der Waals surface area contributed by atoms with Gasteiger partial charge in [-0.25, -0.2) is 0 Å². The molecule has 0 fully saturated rings. The van der Waals surface area contributed by atoms with E-state index >= 15 is 0 Å². The average Bonchev–Trinajstić information content (AvgIpc) is 2.97. The maximum atomic E-state index is 12.0. The molecule has 6 nitrogen and oxygen atoms in total. The van der Waals surface area contributed by atoms with Crippen molar-refractivity contribution in [1.82, 2.24) is 18.5 Å². The highest BCUT2D eigenvalue weighted by atomic mass is 32.1. The fourth-order valence-corrected chi connectivity index (χ4v) is 2.19. The van der Waals surface area contributed by atoms with Gasteiger partial charge in [0.1, 0.15) is 11.0 Å². The highest BCUT2D eigenvalue weighted by molar-refractivity contribution is 7.00. The van der Waals surface area contributed by atoms with Crippen molar-refractivity contribution in [1.29, 1.82) is 0 Å². The monoisotopic (exact) mass is 259 g/mol. The van der Waals surface area contributed by atoms with Crippen molar-refractivity contribution in [3.05, 3.63) is 36.2 Å². The second-order valence-electron chi connectivity index (χ2n) is 3.79. The van der Waals surface area contributed by atoms with E-state index in [9.17, 15) is 4.79 Å². The Morgan fingerprint density at radius 1 is 1.39 bits per heavy atom. The Hall–Kier alpha value is -2.28. The van der Waals surface area contributed by atoms with E-state index in [1.807, 2.05) is 12.1 Å². The van der Waals surface area contributed by atoms with Crippen LogP contribution in [0.25, 0.3) is 11.0 Å². The minimum absolute atomic E-state index is 0.205. The van der Waals surface area contributed by atoms with Gasteiger partial charge in [-0.1, -0.05) is 6.07 Å². The van der Waals surface area contributed by atoms with E-state index in [4.69, 9.17) is 0 Å². The van der Waals surface area contributed by atoms with Crippen LogP contribution in [0.4, 0.5) is 5.69 Å². The molecule has 0 saturated carbocycles. The molecule has 0 unspecified atom stereocenters. The Bertz CT molecular complexity index is 717. The number of aryl methyl sites for hydroxylation is 1. The molecule has 1 aromatic carbocycles. The van der Waals surface area contributed by atoms with Crippen molar-refractivity contribution in [3.63, 3.8) is 0 Å². The zero-order valence-electron chi connectivity index (χ0n) is 9.49. The minimum Gasteiger partial charge on any atom is -0.320 e. The predicted octanol–water partition coefficient (Wildman–Crippen LogP) is 1.68. The lowest BCUT2D eigenvalue weighted by Crippen LogP contribution is -2.11. The Morgan fingerprint density at radius 2 is 2.28 bits per heavy atom. The number of benzene rings is 1. The number of rotatable bonds is 2. The number of hydrogen-bond acceptors (Lipinski definition) is 5. The number of carbonyl (C=O) groups is 1. The third-order valence-corrected chi connectivity index (χ3v) is 3.04. The lowest BCUT2D eigenvalue weighted by atomic mass is 10.2. The van der Waals surface area contributed by atoms with Crippen LogP contribution in [0, 0.1) is 0 Å². The van der Waals surface area contributed by atoms with E-state index in [0.717, 1.165) is 17.2 Å². The first-order valence-electron chi connectivity index (χ1n) is 5.25. The van der Waals surface area contributed by atoms with Crippen molar-refractivity contribution < 1.29 is 4.79 Å². The summed E-state index contributed by atoms with van der Waals surface area (Å²) in [7, 11) is 1.77. The number of aromatic nitrogens is 4. The van der Waals surface area contributed by atoms with Gasteiger partial charge in [-0.2, -0.15) is 13.8 Å². The second kappa shape index (κ2) is 4.19. The van der Waals surface area contributed by atoms with Crippen LogP contribution in [-0.2, 0) is 7.05 Å². The summed E-state index contributed by atoms with van der Waals surface area (Å²) in [6.07, 6.45) is 3.18. The summed E-state index contributed by atoms with van der Waals surface area (Å²) in [5.74, 6) is -0.205. The van der Waals surface area contributed by atoms with E-state index in [1.54, 1.807) is 24.0 Å². The largest absolute Gasteiger partial charge is 0.320 e. The van der Waals surface area contributed by atoms with Crippen molar-refractivity contribution >= 4 is 34.4 Å². The number of amides is 1. The maximum absolute atomic E-state index is 12.0. The Morgan fingerprint density at radius 3 is 3.06 bits per heavy atom. The topological polar surface area (TPSA) is 72.7 Å². The molecule has 0 saturated heterocycles. The fraction of sp³-hybridized carbons (Fsp3) is 0.0909. The fourth-order valence-electron chi connectivity index (χ4n) is 1.64. The molecule has 0 radical (unpaired) electrons. The number of nitrogens with one attached hydrogen (secondary N) is 1. The molecule has 1 N–H and O–H groups in total. The van der Waals surface area contributed by atoms with Crippen LogP contribution in [-0.4, -0.2) is 24.4 Å². The first-order valence-corrected chi connectivity index (χ1v) is 5.98. The van der Waals surface area contributed by atoms with Gasteiger partial charge in [-0.3, -0.25) is 9.48 Å². The zero-order chi connectivity index (χ0) is 12.5. The molecular weight excluding hydrogens is 250 g/mol. The number of carbonyl (C=O) groups excluding carboxylic acids is 1. The Balaban J connectivity index is 1.92. The first-order chi connectivity index (χ1) is 8.74. The molecule has 0 aliphatic carbocycles. The van der Waals surface area contributed by atoms with E-state index < -0.39 is 0 Å². The molecule has 0 spiro atoms. The third-order valence-electron chi connectivity index (χ3n) is 2.50. The van der Waals surface area contributed by atoms with Gasteiger partial charge < -0.3 is 5.32 Å². The Kier molecular flexibility index (Phi) is 2.52. The first kappa shape index (κ1) is 10.8. The zero-order valence-corrected chi connectivity index (χ0v) is 10.3. The molecule has 1 amide bonds. The van der Waals surface area contributed by atoms with Gasteiger partial charge in [-0.05, 0) is 12.1 Å². The molecule has 2 aromatic heterocycles. The van der Waals surface area contributed by atoms with E-state index in [0.29, 0.717) is 16.8 Å². The van der Waals surface area contributed by atoms with Crippen LogP contribution in [0.1, 0.15) is 10.4 Å². The van der Waals surface area contributed by atoms with Crippen LogP contribution in [0.15, 0.2) is 30.6 Å². The lowest BCUT2D eigenvalue weighted by molar-refractivity contribution is 0.102. The van der Waals surface area contributed by atoms with Gasteiger partial charge in [0.2, 0.25) is 0 Å². The van der Waals surface area contributed by atoms with Gasteiger partial charge >= 0.3 is 0 Å². The molecule has 0 bridgehead atoms. The summed E-state index contributed by atoms with van der Waals surface area (Å²) < 4.78 is 9.88. The molecule has 0 aliphatic rings. The van der Waals surface area contributed by atoms with Crippen molar-refractivity contribution in [3.8, 4) is 0 Å². The summed E-state index contributed by atoms with van der Waals surface area (Å²) in [4.78, 5) is 12.0. The van der Waals surface area contributed by atoms with Crippen LogP contribution in [0.3, 0.4) is 0 Å². The maximum Gasteiger partial charge on any atom is 0.258 e. The van der Waals surface area contributed by atoms with E-state index in [1.165, 1.54) is 6.20 Å². The molecule has 3 aromatic rings. The quantitative estimate of drug-likeness (QED) is 0.760. The normalized spacial score (nSPS) is 10.7. The summed E-state index contributed by atoms with van der Waals surface area (Å²) in [5, 5.41) is 6.77. The van der Waals surface area contributed by atoms with Crippen LogP contribution in [0.5, 0.6) is 0 Å². The number of fused-ring (bicyclic) bond motifs is 1. The molecule has 7 heteroatoms. The SMILES string of the molecule is Cn1cc(C(=O)Nc2cccc3nsnc23)cn1. The van der Waals surface area contributed by atoms with E-state index in [2.05, 4.69) is 19.2 Å². The molecule has 18 heavy (non-hydrogen) atoms. The van der Waals surface area contributed by atoms with Crippen molar-refractivity contribution in [2.24, 2.45) is 7.05 Å². The van der Waals surface area contributed by atoms with Crippen LogP contribution in [0.2, 0.25) is 0 Å². The molecule has 0 aliphatic heterocycles. The molecular formula is C11H9N5OS. The van der Waals surface area contributed by atoms with E-state index in [-0.39, 0.29) is 5.91 Å². The molecule has 3 rings (SSSR count). The third kappa shape index (κ3) is 1.84. The van der Waals surface area contributed by atoms with Crippen molar-refractivity contribution in [2.45, 2.75) is 0 Å². The summed E-state index contributed by atoms with van der Waals surface area (Å²) >= 11 is 1.13. The lowest BCUT2D eigenvalue weighted by Gasteiger charge is -2.03. The van der Waals surface area contributed by atoms with Crippen LogP contribution < -0.4 is 5.32 Å². The van der Waals surface area contributed by atoms with Crippen LogP contribution >= 0.6 is 11.7 Å². The predicted molar refractivity (Wildman–Crippen MR) is 68.6 cm³/mol. The highest BCUT2D eigenvalue weighted by Crippen LogP contribution is 2.21. The standard InChI is InChI=1S/C11H9N5OS/c1-16-6-7(5-12-16)11(17)13-8-3-2-4-9-10(8)15-18-14-9/h2-6H,1H3,(H,13,17).